The number of benzene rings is 2. The molecule has 4 N–H and O–H groups in total. The molecule has 3 amide bonds. The number of hydrogen-bond acceptors (Lipinski definition) is 3. The van der Waals surface area contributed by atoms with E-state index in [0.717, 1.165) is 42.6 Å². The molecule has 0 bridgehead atoms. The molecule has 0 spiro atoms. The molecule has 154 valence electrons. The fourth-order valence-electron chi connectivity index (χ4n) is 3.81. The third kappa shape index (κ3) is 6.32. The van der Waals surface area contributed by atoms with Crippen molar-refractivity contribution in [2.75, 3.05) is 13.7 Å². The number of methoxy groups -OCH3 is 1. The van der Waals surface area contributed by atoms with E-state index >= 15 is 0 Å². The molecule has 1 atom stereocenters. The lowest BCUT2D eigenvalue weighted by Crippen LogP contribution is -2.88. The van der Waals surface area contributed by atoms with Gasteiger partial charge in [0.1, 0.15) is 11.8 Å². The summed E-state index contributed by atoms with van der Waals surface area (Å²) in [5.41, 5.74) is 2.16. The minimum absolute atomic E-state index is 0.0470. The Morgan fingerprint density at radius 2 is 1.66 bits per heavy atom. The van der Waals surface area contributed by atoms with Crippen molar-refractivity contribution in [1.82, 2.24) is 10.6 Å². The fourth-order valence-corrected chi connectivity index (χ4v) is 3.81. The summed E-state index contributed by atoms with van der Waals surface area (Å²) in [4.78, 5) is 24.4. The molecule has 1 saturated carbocycles. The van der Waals surface area contributed by atoms with E-state index in [2.05, 4.69) is 10.6 Å². The Kier molecular flexibility index (Phi) is 7.64. The Hall–Kier alpha value is -2.86. The minimum Gasteiger partial charge on any atom is -0.497 e. The second-order valence-electron chi connectivity index (χ2n) is 7.46. The van der Waals surface area contributed by atoms with Crippen molar-refractivity contribution in [2.24, 2.45) is 0 Å². The Morgan fingerprint density at radius 1 is 1.00 bits per heavy atom. The van der Waals surface area contributed by atoms with Gasteiger partial charge >= 0.3 is 6.03 Å². The van der Waals surface area contributed by atoms with E-state index in [1.165, 1.54) is 6.42 Å². The highest BCUT2D eigenvalue weighted by atomic mass is 16.5. The highest BCUT2D eigenvalue weighted by molar-refractivity contribution is 5.94. The normalized spacial score (nSPS) is 15.3. The quantitative estimate of drug-likeness (QED) is 0.672. The van der Waals surface area contributed by atoms with Crippen LogP contribution in [0.15, 0.2) is 54.6 Å². The predicted octanol–water partition coefficient (Wildman–Crippen LogP) is 2.51. The number of carbonyl (C=O) groups is 2. The molecule has 29 heavy (non-hydrogen) atoms. The van der Waals surface area contributed by atoms with E-state index in [-0.39, 0.29) is 24.5 Å². The molecule has 0 saturated heterocycles. The summed E-state index contributed by atoms with van der Waals surface area (Å²) in [6.07, 6.45) is 5.46. The molecule has 1 fully saturated rings. The van der Waals surface area contributed by atoms with Gasteiger partial charge in [-0.3, -0.25) is 10.1 Å². The molecule has 6 nitrogen and oxygen atoms in total. The number of quaternary nitrogens is 1. The van der Waals surface area contributed by atoms with Crippen LogP contribution in [0.2, 0.25) is 0 Å². The fraction of sp³-hybridized carbons (Fsp3) is 0.391. The number of nitrogens with two attached hydrogens (primary N) is 1. The summed E-state index contributed by atoms with van der Waals surface area (Å²) in [6.45, 7) is 0.156. The Bertz CT molecular complexity index is 787. The van der Waals surface area contributed by atoms with Crippen molar-refractivity contribution in [3.05, 3.63) is 65.7 Å². The van der Waals surface area contributed by atoms with E-state index in [1.807, 2.05) is 59.9 Å². The zero-order valence-corrected chi connectivity index (χ0v) is 16.9. The van der Waals surface area contributed by atoms with E-state index in [9.17, 15) is 9.59 Å². The zero-order valence-electron chi connectivity index (χ0n) is 16.9. The minimum atomic E-state index is -0.393. The number of amides is 3. The van der Waals surface area contributed by atoms with E-state index in [0.29, 0.717) is 0 Å². The SMILES string of the molecule is COc1ccc([C@H]([NH2+]CC(=O)NC(=O)NC2CCCCC2)c2ccccc2)cc1. The summed E-state index contributed by atoms with van der Waals surface area (Å²) in [5.74, 6) is 0.491. The lowest BCUT2D eigenvalue weighted by Gasteiger charge is -2.22. The molecule has 0 aromatic heterocycles. The number of hydrogen-bond donors (Lipinski definition) is 3. The lowest BCUT2D eigenvalue weighted by molar-refractivity contribution is -0.676. The topological polar surface area (TPSA) is 84.0 Å². The van der Waals surface area contributed by atoms with Gasteiger partial charge in [-0.2, -0.15) is 0 Å². The van der Waals surface area contributed by atoms with Crippen LogP contribution in [0, 0.1) is 0 Å². The van der Waals surface area contributed by atoms with Crippen molar-refractivity contribution in [2.45, 2.75) is 44.2 Å². The first-order valence-corrected chi connectivity index (χ1v) is 10.3. The van der Waals surface area contributed by atoms with Crippen LogP contribution in [0.3, 0.4) is 0 Å². The Balaban J connectivity index is 1.58. The van der Waals surface area contributed by atoms with Crippen LogP contribution in [-0.2, 0) is 4.79 Å². The molecule has 0 radical (unpaired) electrons. The predicted molar refractivity (Wildman–Crippen MR) is 112 cm³/mol. The highest BCUT2D eigenvalue weighted by Gasteiger charge is 2.21. The third-order valence-electron chi connectivity index (χ3n) is 5.37. The summed E-state index contributed by atoms with van der Waals surface area (Å²) >= 11 is 0. The number of ether oxygens (including phenoxy) is 1. The van der Waals surface area contributed by atoms with E-state index in [4.69, 9.17) is 4.74 Å². The number of carbonyl (C=O) groups excluding carboxylic acids is 2. The molecule has 1 aliphatic carbocycles. The molecule has 3 rings (SSSR count). The van der Waals surface area contributed by atoms with Gasteiger partial charge in [0.05, 0.1) is 7.11 Å². The molecule has 2 aromatic carbocycles. The van der Waals surface area contributed by atoms with Gasteiger partial charge in [-0.25, -0.2) is 4.79 Å². The van der Waals surface area contributed by atoms with Gasteiger partial charge in [0, 0.05) is 17.2 Å². The van der Waals surface area contributed by atoms with Gasteiger partial charge in [-0.15, -0.1) is 0 Å². The Morgan fingerprint density at radius 3 is 2.31 bits per heavy atom. The van der Waals surface area contributed by atoms with Crippen molar-refractivity contribution in [1.29, 1.82) is 0 Å². The van der Waals surface area contributed by atoms with E-state index in [1.54, 1.807) is 7.11 Å². The van der Waals surface area contributed by atoms with Crippen molar-refractivity contribution in [3.8, 4) is 5.75 Å². The number of nitrogens with one attached hydrogen (secondary N) is 2. The van der Waals surface area contributed by atoms with E-state index < -0.39 is 6.03 Å². The van der Waals surface area contributed by atoms with Crippen molar-refractivity contribution >= 4 is 11.9 Å². The first-order chi connectivity index (χ1) is 14.2. The lowest BCUT2D eigenvalue weighted by atomic mass is 9.96. The second-order valence-corrected chi connectivity index (χ2v) is 7.46. The maximum absolute atomic E-state index is 12.3. The molecular weight excluding hydrogens is 366 g/mol. The van der Waals surface area contributed by atoms with Gasteiger partial charge in [0.15, 0.2) is 6.54 Å². The van der Waals surface area contributed by atoms with Gasteiger partial charge in [0.25, 0.3) is 5.91 Å². The summed E-state index contributed by atoms with van der Waals surface area (Å²) < 4.78 is 5.24. The van der Waals surface area contributed by atoms with Crippen LogP contribution in [0.5, 0.6) is 5.75 Å². The largest absolute Gasteiger partial charge is 0.497 e. The van der Waals surface area contributed by atoms with Gasteiger partial charge < -0.3 is 15.4 Å². The van der Waals surface area contributed by atoms with Gasteiger partial charge in [-0.05, 0) is 37.1 Å². The average molecular weight is 397 g/mol. The van der Waals surface area contributed by atoms with Crippen LogP contribution in [0.4, 0.5) is 4.79 Å². The zero-order chi connectivity index (χ0) is 20.5. The van der Waals surface area contributed by atoms with Crippen molar-refractivity contribution in [3.63, 3.8) is 0 Å². The molecule has 0 unspecified atom stereocenters. The summed E-state index contributed by atoms with van der Waals surface area (Å²) in [5, 5.41) is 7.32. The molecule has 1 aliphatic rings. The van der Waals surface area contributed by atoms with Crippen LogP contribution in [0.25, 0.3) is 0 Å². The van der Waals surface area contributed by atoms with Gasteiger partial charge in [0.2, 0.25) is 0 Å². The van der Waals surface area contributed by atoms with Crippen LogP contribution >= 0.6 is 0 Å². The molecule has 2 aromatic rings. The first-order valence-electron chi connectivity index (χ1n) is 10.3. The number of urea groups is 1. The molecule has 0 aliphatic heterocycles. The molecular formula is C23H30N3O3+. The maximum atomic E-state index is 12.3. The highest BCUT2D eigenvalue weighted by Crippen LogP contribution is 2.21. The van der Waals surface area contributed by atoms with Crippen LogP contribution in [-0.4, -0.2) is 31.6 Å². The second kappa shape index (κ2) is 10.6. The molecule has 6 heteroatoms. The average Bonchev–Trinajstić information content (AvgIpc) is 2.75. The van der Waals surface area contributed by atoms with Crippen LogP contribution < -0.4 is 20.7 Å². The first kappa shape index (κ1) is 20.9. The van der Waals surface area contributed by atoms with Crippen molar-refractivity contribution < 1.29 is 19.6 Å². The maximum Gasteiger partial charge on any atom is 0.321 e. The summed E-state index contributed by atoms with van der Waals surface area (Å²) in [6, 6.07) is 17.6. The van der Waals surface area contributed by atoms with Gasteiger partial charge in [-0.1, -0.05) is 49.6 Å². The number of rotatable bonds is 7. The third-order valence-corrected chi connectivity index (χ3v) is 5.37. The molecule has 0 heterocycles. The monoisotopic (exact) mass is 396 g/mol. The number of imide groups is 1. The van der Waals surface area contributed by atoms with Crippen LogP contribution in [0.1, 0.15) is 49.3 Å². The summed E-state index contributed by atoms with van der Waals surface area (Å²) in [7, 11) is 1.64. The smallest absolute Gasteiger partial charge is 0.321 e. The Labute approximate surface area is 172 Å². The standard InChI is InChI=1S/C23H29N3O3/c1-29-20-14-12-18(13-15-20)22(17-8-4-2-5-9-17)24-16-21(27)26-23(28)25-19-10-6-3-7-11-19/h2,4-5,8-9,12-15,19,22,24H,3,6-7,10-11,16H2,1H3,(H2,25,26,27,28)/p+1/t22-/m1/s1.